The van der Waals surface area contributed by atoms with Crippen LogP contribution in [0.25, 0.3) is 0 Å². The Kier molecular flexibility index (Phi) is 11.5. The topological polar surface area (TPSA) is 96.0 Å². The predicted octanol–water partition coefficient (Wildman–Crippen LogP) is 6.28. The van der Waals surface area contributed by atoms with Crippen LogP contribution in [0, 0.1) is 6.92 Å². The molecule has 0 saturated carbocycles. The number of benzene rings is 4. The van der Waals surface area contributed by atoms with Crippen LogP contribution in [0.2, 0.25) is 10.0 Å². The van der Waals surface area contributed by atoms with Crippen molar-refractivity contribution in [1.29, 1.82) is 0 Å². The number of rotatable bonds is 13. The van der Waals surface area contributed by atoms with Gasteiger partial charge in [-0.25, -0.2) is 8.42 Å². The highest BCUT2D eigenvalue weighted by molar-refractivity contribution is 7.92. The fourth-order valence-corrected chi connectivity index (χ4v) is 6.53. The Labute approximate surface area is 274 Å². The van der Waals surface area contributed by atoms with Gasteiger partial charge in [-0.3, -0.25) is 13.9 Å². The molecule has 45 heavy (non-hydrogen) atoms. The molecule has 0 fully saturated rings. The molecule has 0 aliphatic carbocycles. The molecule has 4 rings (SSSR count). The molecular weight excluding hydrogens is 633 g/mol. The third kappa shape index (κ3) is 8.57. The van der Waals surface area contributed by atoms with Gasteiger partial charge in [-0.2, -0.15) is 0 Å². The second kappa shape index (κ2) is 15.3. The molecule has 0 aliphatic heterocycles. The number of sulfonamides is 1. The zero-order valence-corrected chi connectivity index (χ0v) is 27.6. The number of hydrogen-bond acceptors (Lipinski definition) is 5. The van der Waals surface area contributed by atoms with Gasteiger partial charge in [0, 0.05) is 19.5 Å². The first kappa shape index (κ1) is 33.8. The maximum Gasteiger partial charge on any atom is 0.264 e. The minimum atomic E-state index is -4.21. The molecule has 8 nitrogen and oxygen atoms in total. The average molecular weight is 669 g/mol. The van der Waals surface area contributed by atoms with Gasteiger partial charge in [0.15, 0.2) is 0 Å². The van der Waals surface area contributed by atoms with E-state index in [0.717, 1.165) is 15.4 Å². The fourth-order valence-electron chi connectivity index (χ4n) is 4.80. The molecule has 11 heteroatoms. The molecule has 4 aromatic rings. The van der Waals surface area contributed by atoms with Gasteiger partial charge in [0.2, 0.25) is 11.8 Å². The van der Waals surface area contributed by atoms with Gasteiger partial charge in [-0.15, -0.1) is 0 Å². The highest BCUT2D eigenvalue weighted by atomic mass is 35.5. The largest absolute Gasteiger partial charge is 0.497 e. The Morgan fingerprint density at radius 3 is 2.13 bits per heavy atom. The number of hydrogen-bond donors (Lipinski definition) is 1. The van der Waals surface area contributed by atoms with E-state index in [1.165, 1.54) is 24.1 Å². The van der Waals surface area contributed by atoms with E-state index in [4.69, 9.17) is 27.9 Å². The second-order valence-electron chi connectivity index (χ2n) is 10.4. The minimum Gasteiger partial charge on any atom is -0.497 e. The van der Waals surface area contributed by atoms with Crippen LogP contribution in [0.15, 0.2) is 102 Å². The number of ether oxygens (including phenoxy) is 1. The van der Waals surface area contributed by atoms with Crippen LogP contribution in [-0.2, 0) is 32.6 Å². The fraction of sp³-hybridized carbons (Fsp3) is 0.235. The van der Waals surface area contributed by atoms with Crippen LogP contribution in [0.4, 0.5) is 5.69 Å². The van der Waals surface area contributed by atoms with Crippen molar-refractivity contribution in [2.24, 2.45) is 0 Å². The first-order valence-corrected chi connectivity index (χ1v) is 16.5. The third-order valence-corrected chi connectivity index (χ3v) is 9.73. The lowest BCUT2D eigenvalue weighted by Gasteiger charge is -2.34. The summed E-state index contributed by atoms with van der Waals surface area (Å²) in [6, 6.07) is 26.1. The van der Waals surface area contributed by atoms with Crippen molar-refractivity contribution in [2.75, 3.05) is 24.5 Å². The van der Waals surface area contributed by atoms with Crippen molar-refractivity contribution in [1.82, 2.24) is 10.2 Å². The van der Waals surface area contributed by atoms with Crippen molar-refractivity contribution in [2.45, 2.75) is 37.8 Å². The van der Waals surface area contributed by atoms with Crippen molar-refractivity contribution >= 4 is 50.7 Å². The summed E-state index contributed by atoms with van der Waals surface area (Å²) < 4.78 is 34.5. The summed E-state index contributed by atoms with van der Waals surface area (Å²) in [7, 11) is -2.70. The number of nitrogens with zero attached hydrogens (tertiary/aromatic N) is 2. The molecule has 0 radical (unpaired) electrons. The first-order valence-electron chi connectivity index (χ1n) is 14.3. The number of nitrogens with one attached hydrogen (secondary N) is 1. The molecule has 2 amide bonds. The Balaban J connectivity index is 1.81. The quantitative estimate of drug-likeness (QED) is 0.181. The molecule has 0 aromatic heterocycles. The van der Waals surface area contributed by atoms with E-state index in [-0.39, 0.29) is 29.5 Å². The summed E-state index contributed by atoms with van der Waals surface area (Å²) >= 11 is 12.5. The van der Waals surface area contributed by atoms with E-state index in [9.17, 15) is 18.0 Å². The second-order valence-corrected chi connectivity index (χ2v) is 13.1. The SMILES string of the molecule is CCNC(=O)[C@@H](Cc1ccccc1)N(Cc1ccc(Cl)c(Cl)c1)C(=O)CN(c1ccc(OC)cc1)S(=O)(=O)c1ccc(C)cc1. The van der Waals surface area contributed by atoms with Gasteiger partial charge in [-0.1, -0.05) is 77.3 Å². The maximum atomic E-state index is 14.4. The monoisotopic (exact) mass is 667 g/mol. The zero-order valence-electron chi connectivity index (χ0n) is 25.2. The number of aryl methyl sites for hydroxylation is 1. The number of likely N-dealkylation sites (N-methyl/N-ethyl adjacent to an activating group) is 1. The van der Waals surface area contributed by atoms with Gasteiger partial charge in [-0.05, 0) is 73.5 Å². The van der Waals surface area contributed by atoms with Gasteiger partial charge < -0.3 is 15.0 Å². The number of carbonyl (C=O) groups is 2. The lowest BCUT2D eigenvalue weighted by atomic mass is 10.0. The molecule has 0 heterocycles. The zero-order chi connectivity index (χ0) is 32.6. The molecule has 0 saturated heterocycles. The Hall–Kier alpha value is -4.05. The molecule has 0 aliphatic rings. The predicted molar refractivity (Wildman–Crippen MR) is 178 cm³/mol. The van der Waals surface area contributed by atoms with E-state index in [0.29, 0.717) is 27.9 Å². The molecule has 1 N–H and O–H groups in total. The van der Waals surface area contributed by atoms with Crippen LogP contribution < -0.4 is 14.4 Å². The molecule has 236 valence electrons. The first-order chi connectivity index (χ1) is 21.5. The Morgan fingerprint density at radius 1 is 0.867 bits per heavy atom. The molecule has 0 spiro atoms. The van der Waals surface area contributed by atoms with Crippen molar-refractivity contribution < 1.29 is 22.7 Å². The molecule has 0 unspecified atom stereocenters. The smallest absolute Gasteiger partial charge is 0.264 e. The summed E-state index contributed by atoms with van der Waals surface area (Å²) in [5, 5.41) is 3.48. The summed E-state index contributed by atoms with van der Waals surface area (Å²) in [5.74, 6) is -0.426. The Morgan fingerprint density at radius 2 is 1.53 bits per heavy atom. The summed E-state index contributed by atoms with van der Waals surface area (Å²) in [6.07, 6.45) is 0.201. The standard InChI is InChI=1S/C34H35Cl2N3O5S/c1-4-37-34(41)32(21-25-8-6-5-7-9-25)38(22-26-12-19-30(35)31(36)20-26)33(40)23-39(27-13-15-28(44-3)16-14-27)45(42,43)29-17-10-24(2)11-18-29/h5-20,32H,4,21-23H2,1-3H3,(H,37,41)/t32-/m1/s1. The molecular formula is C34H35Cl2N3O5S. The maximum absolute atomic E-state index is 14.4. The summed E-state index contributed by atoms with van der Waals surface area (Å²) in [6.45, 7) is 3.40. The number of carbonyl (C=O) groups excluding carboxylic acids is 2. The number of halogens is 2. The van der Waals surface area contributed by atoms with Crippen molar-refractivity contribution in [3.63, 3.8) is 0 Å². The molecule has 4 aromatic carbocycles. The summed E-state index contributed by atoms with van der Waals surface area (Å²) in [4.78, 5) is 29.4. The number of anilines is 1. The number of amides is 2. The molecule has 1 atom stereocenters. The normalized spacial score (nSPS) is 11.8. The van der Waals surface area contributed by atoms with Crippen LogP contribution in [-0.4, -0.2) is 51.4 Å². The summed E-state index contributed by atoms with van der Waals surface area (Å²) in [5.41, 5.74) is 2.61. The molecule has 0 bridgehead atoms. The lowest BCUT2D eigenvalue weighted by molar-refractivity contribution is -0.140. The van der Waals surface area contributed by atoms with Crippen LogP contribution in [0.1, 0.15) is 23.6 Å². The van der Waals surface area contributed by atoms with E-state index >= 15 is 0 Å². The third-order valence-electron chi connectivity index (χ3n) is 7.21. The van der Waals surface area contributed by atoms with Crippen molar-refractivity contribution in [3.8, 4) is 5.75 Å². The highest BCUT2D eigenvalue weighted by Gasteiger charge is 2.34. The number of methoxy groups -OCH3 is 1. The van der Waals surface area contributed by atoms with E-state index < -0.39 is 28.5 Å². The minimum absolute atomic E-state index is 0.0224. The highest BCUT2D eigenvalue weighted by Crippen LogP contribution is 2.28. The Bertz CT molecular complexity index is 1720. The van der Waals surface area contributed by atoms with Gasteiger partial charge in [0.05, 0.1) is 27.7 Å². The van der Waals surface area contributed by atoms with Gasteiger partial charge in [0.1, 0.15) is 18.3 Å². The van der Waals surface area contributed by atoms with E-state index in [1.54, 1.807) is 61.5 Å². The average Bonchev–Trinajstić information content (AvgIpc) is 3.04. The van der Waals surface area contributed by atoms with Crippen molar-refractivity contribution in [3.05, 3.63) is 124 Å². The van der Waals surface area contributed by atoms with Crippen LogP contribution in [0.3, 0.4) is 0 Å². The van der Waals surface area contributed by atoms with E-state index in [2.05, 4.69) is 5.32 Å². The van der Waals surface area contributed by atoms with Crippen LogP contribution in [0.5, 0.6) is 5.75 Å². The van der Waals surface area contributed by atoms with E-state index in [1.807, 2.05) is 37.3 Å². The van der Waals surface area contributed by atoms with Gasteiger partial charge >= 0.3 is 0 Å². The van der Waals surface area contributed by atoms with Crippen LogP contribution >= 0.6 is 23.2 Å². The van der Waals surface area contributed by atoms with Gasteiger partial charge in [0.25, 0.3) is 10.0 Å². The lowest BCUT2D eigenvalue weighted by Crippen LogP contribution is -2.53.